The van der Waals surface area contributed by atoms with Crippen molar-refractivity contribution in [2.75, 3.05) is 0 Å². The largest absolute Gasteiger partial charge is 0.455 e. The zero-order valence-electron chi connectivity index (χ0n) is 7.22. The maximum Gasteiger partial charge on any atom is 0.309 e. The summed E-state index contributed by atoms with van der Waals surface area (Å²) >= 11 is 0. The topological polar surface area (TPSA) is 26.3 Å². The average Bonchev–Trinajstić information content (AvgIpc) is 2.35. The fraction of sp³-hybridized carbons (Fsp3) is 0.778. The van der Waals surface area contributed by atoms with Gasteiger partial charge in [0.25, 0.3) is 0 Å². The van der Waals surface area contributed by atoms with Crippen molar-refractivity contribution in [3.63, 3.8) is 0 Å². The van der Waals surface area contributed by atoms with Gasteiger partial charge in [0.05, 0.1) is 5.92 Å². The van der Waals surface area contributed by atoms with Crippen LogP contribution >= 0.6 is 0 Å². The minimum atomic E-state index is -0.0255. The van der Waals surface area contributed by atoms with Crippen molar-refractivity contribution in [1.82, 2.24) is 0 Å². The van der Waals surface area contributed by atoms with E-state index in [1.165, 1.54) is 12.8 Å². The van der Waals surface area contributed by atoms with E-state index in [4.69, 9.17) is 4.74 Å². The lowest BCUT2D eigenvalue weighted by molar-refractivity contribution is -0.146. The van der Waals surface area contributed by atoms with Crippen LogP contribution in [0.2, 0.25) is 0 Å². The molecule has 0 aromatic carbocycles. The van der Waals surface area contributed by atoms with E-state index in [0.717, 1.165) is 18.9 Å². The molecule has 1 rings (SSSR count). The van der Waals surface area contributed by atoms with E-state index in [-0.39, 0.29) is 11.9 Å². The molecule has 0 aliphatic heterocycles. The molecular formula is C9H15O2. The molecular weight excluding hydrogens is 140 g/mol. The molecule has 2 heteroatoms. The molecule has 1 radical (unpaired) electrons. The first-order valence-electron chi connectivity index (χ1n) is 4.22. The van der Waals surface area contributed by atoms with Crippen LogP contribution in [0.25, 0.3) is 0 Å². The second-order valence-electron chi connectivity index (χ2n) is 3.31. The van der Waals surface area contributed by atoms with Gasteiger partial charge in [-0.1, -0.05) is 12.8 Å². The Morgan fingerprint density at radius 1 is 1.27 bits per heavy atom. The van der Waals surface area contributed by atoms with Crippen LogP contribution in [0.4, 0.5) is 0 Å². The van der Waals surface area contributed by atoms with E-state index < -0.39 is 0 Å². The Labute approximate surface area is 67.9 Å². The van der Waals surface area contributed by atoms with Gasteiger partial charge in [-0.15, -0.1) is 0 Å². The van der Waals surface area contributed by atoms with Crippen molar-refractivity contribution < 1.29 is 9.53 Å². The molecule has 1 saturated carbocycles. The molecule has 1 fully saturated rings. The number of rotatable bonds is 2. The predicted molar refractivity (Wildman–Crippen MR) is 42.6 cm³/mol. The summed E-state index contributed by atoms with van der Waals surface area (Å²) < 4.78 is 5.01. The Bertz CT molecular complexity index is 134. The molecule has 63 valence electrons. The highest BCUT2D eigenvalue weighted by Gasteiger charge is 2.24. The highest BCUT2D eigenvalue weighted by molar-refractivity contribution is 5.73. The van der Waals surface area contributed by atoms with Crippen molar-refractivity contribution in [1.29, 1.82) is 0 Å². The molecule has 0 N–H and O–H groups in total. The van der Waals surface area contributed by atoms with Crippen LogP contribution < -0.4 is 0 Å². The number of hydrogen-bond donors (Lipinski definition) is 0. The quantitative estimate of drug-likeness (QED) is 0.572. The summed E-state index contributed by atoms with van der Waals surface area (Å²) in [4.78, 5) is 11.2. The van der Waals surface area contributed by atoms with Gasteiger partial charge in [0.15, 0.2) is 0 Å². The standard InChI is InChI=1S/C9H15O2/c1-7(2)11-9(10)8-5-3-4-6-8/h8H,3-6H2,1-2H3. The maximum absolute atomic E-state index is 11.2. The van der Waals surface area contributed by atoms with Crippen LogP contribution in [-0.4, -0.2) is 5.97 Å². The lowest BCUT2D eigenvalue weighted by Crippen LogP contribution is -2.15. The molecule has 1 aliphatic carbocycles. The van der Waals surface area contributed by atoms with Crippen molar-refractivity contribution >= 4 is 5.97 Å². The Balaban J connectivity index is 2.28. The summed E-state index contributed by atoms with van der Waals surface area (Å²) in [5.74, 6) is 0.160. The van der Waals surface area contributed by atoms with Gasteiger partial charge in [0.1, 0.15) is 6.10 Å². The van der Waals surface area contributed by atoms with Crippen LogP contribution in [-0.2, 0) is 9.53 Å². The molecule has 2 nitrogen and oxygen atoms in total. The van der Waals surface area contributed by atoms with Crippen molar-refractivity contribution in [3.05, 3.63) is 6.10 Å². The monoisotopic (exact) mass is 155 g/mol. The summed E-state index contributed by atoms with van der Waals surface area (Å²) in [5.41, 5.74) is 0. The van der Waals surface area contributed by atoms with E-state index in [1.54, 1.807) is 0 Å². The third kappa shape index (κ3) is 2.52. The zero-order valence-corrected chi connectivity index (χ0v) is 7.22. The molecule has 1 aliphatic rings. The van der Waals surface area contributed by atoms with Crippen LogP contribution in [0, 0.1) is 12.0 Å². The average molecular weight is 155 g/mol. The second-order valence-corrected chi connectivity index (χ2v) is 3.31. The van der Waals surface area contributed by atoms with Gasteiger partial charge in [-0.3, -0.25) is 4.79 Å². The van der Waals surface area contributed by atoms with E-state index in [2.05, 4.69) is 0 Å². The van der Waals surface area contributed by atoms with Crippen LogP contribution in [0.3, 0.4) is 0 Å². The Morgan fingerprint density at radius 2 is 1.82 bits per heavy atom. The fourth-order valence-corrected chi connectivity index (χ4v) is 1.45. The molecule has 0 spiro atoms. The predicted octanol–water partition coefficient (Wildman–Crippen LogP) is 2.29. The van der Waals surface area contributed by atoms with Gasteiger partial charge < -0.3 is 4.74 Å². The summed E-state index contributed by atoms with van der Waals surface area (Å²) in [6.07, 6.45) is 5.16. The lowest BCUT2D eigenvalue weighted by Gasteiger charge is -2.10. The van der Waals surface area contributed by atoms with Crippen LogP contribution in [0.1, 0.15) is 39.5 Å². The minimum absolute atomic E-state index is 0.0255. The summed E-state index contributed by atoms with van der Waals surface area (Å²) in [5, 5.41) is 0. The van der Waals surface area contributed by atoms with Gasteiger partial charge in [-0.25, -0.2) is 0 Å². The van der Waals surface area contributed by atoms with Gasteiger partial charge in [-0.2, -0.15) is 0 Å². The molecule has 0 aromatic rings. The fourth-order valence-electron chi connectivity index (χ4n) is 1.45. The summed E-state index contributed by atoms with van der Waals surface area (Å²) in [7, 11) is 0. The van der Waals surface area contributed by atoms with Gasteiger partial charge in [0.2, 0.25) is 0 Å². The smallest absolute Gasteiger partial charge is 0.309 e. The van der Waals surface area contributed by atoms with E-state index in [0.29, 0.717) is 0 Å². The number of carbonyl (C=O) groups is 1. The molecule has 0 aromatic heterocycles. The van der Waals surface area contributed by atoms with Crippen LogP contribution in [0.5, 0.6) is 0 Å². The Hall–Kier alpha value is -0.530. The molecule has 0 amide bonds. The lowest BCUT2D eigenvalue weighted by atomic mass is 10.1. The number of esters is 1. The van der Waals surface area contributed by atoms with Crippen molar-refractivity contribution in [2.45, 2.75) is 39.5 Å². The normalized spacial score (nSPS) is 19.2. The molecule has 0 unspecified atom stereocenters. The summed E-state index contributed by atoms with van der Waals surface area (Å²) in [6.45, 7) is 3.62. The van der Waals surface area contributed by atoms with Gasteiger partial charge in [-0.05, 0) is 26.7 Å². The third-order valence-electron chi connectivity index (χ3n) is 1.99. The van der Waals surface area contributed by atoms with Crippen LogP contribution in [0.15, 0.2) is 0 Å². The van der Waals surface area contributed by atoms with E-state index >= 15 is 0 Å². The molecule has 0 bridgehead atoms. The molecule has 0 atom stereocenters. The first kappa shape index (κ1) is 8.57. The number of carbonyl (C=O) groups excluding carboxylic acids is 1. The highest BCUT2D eigenvalue weighted by Crippen LogP contribution is 2.26. The van der Waals surface area contributed by atoms with Crippen molar-refractivity contribution in [2.24, 2.45) is 5.92 Å². The Morgan fingerprint density at radius 3 is 2.27 bits per heavy atom. The molecule has 0 saturated heterocycles. The number of hydrogen-bond acceptors (Lipinski definition) is 2. The zero-order chi connectivity index (χ0) is 8.27. The number of ether oxygens (including phenoxy) is 1. The minimum Gasteiger partial charge on any atom is -0.455 e. The maximum atomic E-state index is 11.2. The van der Waals surface area contributed by atoms with Crippen molar-refractivity contribution in [3.8, 4) is 0 Å². The second kappa shape index (κ2) is 3.74. The third-order valence-corrected chi connectivity index (χ3v) is 1.99. The summed E-state index contributed by atoms with van der Waals surface area (Å²) in [6, 6.07) is 0. The SMILES string of the molecule is C[C](C)OC(=O)C1CCCC1. The first-order chi connectivity index (χ1) is 5.20. The first-order valence-corrected chi connectivity index (χ1v) is 4.22. The Kier molecular flexibility index (Phi) is 2.92. The van der Waals surface area contributed by atoms with E-state index in [1.807, 2.05) is 13.8 Å². The van der Waals surface area contributed by atoms with E-state index in [9.17, 15) is 4.79 Å². The molecule has 0 heterocycles. The van der Waals surface area contributed by atoms with Gasteiger partial charge in [0, 0.05) is 0 Å². The highest BCUT2D eigenvalue weighted by atomic mass is 16.5. The van der Waals surface area contributed by atoms with Gasteiger partial charge >= 0.3 is 5.97 Å². The molecule has 11 heavy (non-hydrogen) atoms.